The van der Waals surface area contributed by atoms with Gasteiger partial charge in [-0.15, -0.1) is 0 Å². The maximum absolute atomic E-state index is 6.03. The number of hydrogen-bond donors (Lipinski definition) is 1. The van der Waals surface area contributed by atoms with Crippen molar-refractivity contribution >= 4 is 5.69 Å². The Morgan fingerprint density at radius 1 is 1.15 bits per heavy atom. The zero-order valence-corrected chi connectivity index (χ0v) is 11.8. The Balaban J connectivity index is 1.74. The van der Waals surface area contributed by atoms with Gasteiger partial charge >= 0.3 is 0 Å². The molecular formula is C17H20N2O. The highest BCUT2D eigenvalue weighted by atomic mass is 16.5. The molecule has 2 aromatic carbocycles. The fraction of sp³-hybridized carbons (Fsp3) is 0.294. The molecule has 0 fully saturated rings. The van der Waals surface area contributed by atoms with E-state index in [-0.39, 0.29) is 0 Å². The number of fused-ring (bicyclic) bond motifs is 1. The summed E-state index contributed by atoms with van der Waals surface area (Å²) in [6.45, 7) is 2.96. The van der Waals surface area contributed by atoms with Gasteiger partial charge in [0, 0.05) is 25.3 Å². The van der Waals surface area contributed by atoms with Crippen molar-refractivity contribution in [1.29, 1.82) is 0 Å². The van der Waals surface area contributed by atoms with Crippen LogP contribution < -0.4 is 10.5 Å². The van der Waals surface area contributed by atoms with E-state index in [1.54, 1.807) is 7.11 Å². The van der Waals surface area contributed by atoms with Crippen molar-refractivity contribution in [3.8, 4) is 5.75 Å². The van der Waals surface area contributed by atoms with Gasteiger partial charge in [0.2, 0.25) is 0 Å². The molecule has 0 aromatic heterocycles. The summed E-state index contributed by atoms with van der Waals surface area (Å²) in [5, 5.41) is 0. The number of methoxy groups -OCH3 is 1. The number of hydrogen-bond acceptors (Lipinski definition) is 3. The number of nitrogen functional groups attached to an aromatic ring is 1. The van der Waals surface area contributed by atoms with E-state index in [9.17, 15) is 0 Å². The quantitative estimate of drug-likeness (QED) is 0.870. The third-order valence-corrected chi connectivity index (χ3v) is 3.95. The molecule has 0 aliphatic carbocycles. The highest BCUT2D eigenvalue weighted by Gasteiger charge is 2.17. The van der Waals surface area contributed by atoms with Crippen LogP contribution in [0.15, 0.2) is 42.5 Å². The van der Waals surface area contributed by atoms with E-state index in [4.69, 9.17) is 10.5 Å². The summed E-state index contributed by atoms with van der Waals surface area (Å²) < 4.78 is 5.29. The lowest BCUT2D eigenvalue weighted by molar-refractivity contribution is 0.245. The van der Waals surface area contributed by atoms with Crippen LogP contribution in [0, 0.1) is 0 Å². The second-order valence-electron chi connectivity index (χ2n) is 5.29. The smallest absolute Gasteiger partial charge is 0.119 e. The minimum absolute atomic E-state index is 0.882. The molecular weight excluding hydrogens is 248 g/mol. The lowest BCUT2D eigenvalue weighted by atomic mass is 9.99. The number of nitrogens with zero attached hydrogens (tertiary/aromatic N) is 1. The van der Waals surface area contributed by atoms with Gasteiger partial charge < -0.3 is 10.5 Å². The minimum Gasteiger partial charge on any atom is -0.497 e. The van der Waals surface area contributed by atoms with E-state index in [0.29, 0.717) is 0 Å². The summed E-state index contributed by atoms with van der Waals surface area (Å²) in [4.78, 5) is 2.44. The molecule has 104 valence electrons. The first-order chi connectivity index (χ1) is 9.76. The van der Waals surface area contributed by atoms with Gasteiger partial charge in [-0.05, 0) is 41.3 Å². The molecule has 2 N–H and O–H groups in total. The molecule has 0 unspecified atom stereocenters. The molecule has 1 heterocycles. The number of ether oxygens (including phenoxy) is 1. The topological polar surface area (TPSA) is 38.5 Å². The molecule has 0 radical (unpaired) electrons. The monoisotopic (exact) mass is 268 g/mol. The van der Waals surface area contributed by atoms with Gasteiger partial charge in [0.15, 0.2) is 0 Å². The molecule has 1 aliphatic rings. The van der Waals surface area contributed by atoms with Gasteiger partial charge in [0.1, 0.15) is 5.75 Å². The predicted molar refractivity (Wildman–Crippen MR) is 81.7 cm³/mol. The van der Waals surface area contributed by atoms with Crippen molar-refractivity contribution in [3.63, 3.8) is 0 Å². The third kappa shape index (κ3) is 2.63. The van der Waals surface area contributed by atoms with Crippen LogP contribution in [0.25, 0.3) is 0 Å². The molecule has 0 saturated heterocycles. The average Bonchev–Trinajstić information content (AvgIpc) is 2.49. The van der Waals surface area contributed by atoms with E-state index in [1.165, 1.54) is 16.7 Å². The van der Waals surface area contributed by atoms with Gasteiger partial charge in [-0.25, -0.2) is 0 Å². The largest absolute Gasteiger partial charge is 0.497 e. The van der Waals surface area contributed by atoms with E-state index in [1.807, 2.05) is 18.2 Å². The van der Waals surface area contributed by atoms with Crippen LogP contribution in [0.4, 0.5) is 5.69 Å². The Kier molecular flexibility index (Phi) is 3.61. The van der Waals surface area contributed by atoms with Crippen LogP contribution in [0.5, 0.6) is 5.75 Å². The first-order valence-electron chi connectivity index (χ1n) is 6.98. The van der Waals surface area contributed by atoms with Crippen LogP contribution in [-0.2, 0) is 19.5 Å². The fourth-order valence-electron chi connectivity index (χ4n) is 2.77. The molecule has 0 bridgehead atoms. The van der Waals surface area contributed by atoms with E-state index >= 15 is 0 Å². The summed E-state index contributed by atoms with van der Waals surface area (Å²) in [6.07, 6.45) is 1.07. The number of anilines is 1. The van der Waals surface area contributed by atoms with Crippen molar-refractivity contribution in [2.24, 2.45) is 0 Å². The van der Waals surface area contributed by atoms with E-state index in [2.05, 4.69) is 29.2 Å². The summed E-state index contributed by atoms with van der Waals surface area (Å²) in [6, 6.07) is 14.5. The lowest BCUT2D eigenvalue weighted by Gasteiger charge is -2.29. The first-order valence-corrected chi connectivity index (χ1v) is 6.98. The van der Waals surface area contributed by atoms with Gasteiger partial charge in [-0.1, -0.05) is 24.3 Å². The summed E-state index contributed by atoms with van der Waals surface area (Å²) >= 11 is 0. The molecule has 0 atom stereocenters. The normalized spacial score (nSPS) is 14.8. The summed E-state index contributed by atoms with van der Waals surface area (Å²) in [7, 11) is 1.72. The summed E-state index contributed by atoms with van der Waals surface area (Å²) in [5.41, 5.74) is 10.9. The van der Waals surface area contributed by atoms with Crippen LogP contribution >= 0.6 is 0 Å². The Labute approximate surface area is 120 Å². The first kappa shape index (κ1) is 13.0. The van der Waals surface area contributed by atoms with Crippen molar-refractivity contribution < 1.29 is 4.74 Å². The maximum Gasteiger partial charge on any atom is 0.119 e. The highest BCUT2D eigenvalue weighted by molar-refractivity contribution is 5.46. The molecule has 3 nitrogen and oxygen atoms in total. The third-order valence-electron chi connectivity index (χ3n) is 3.95. The van der Waals surface area contributed by atoms with Gasteiger partial charge in [-0.2, -0.15) is 0 Å². The zero-order valence-electron chi connectivity index (χ0n) is 11.8. The Morgan fingerprint density at radius 3 is 2.80 bits per heavy atom. The van der Waals surface area contributed by atoms with Gasteiger partial charge in [-0.3, -0.25) is 4.90 Å². The van der Waals surface area contributed by atoms with Crippen molar-refractivity contribution in [3.05, 3.63) is 59.2 Å². The van der Waals surface area contributed by atoms with Crippen LogP contribution in [0.1, 0.15) is 16.7 Å². The average molecular weight is 268 g/mol. The Bertz CT molecular complexity index is 610. The molecule has 3 rings (SSSR count). The molecule has 0 saturated carbocycles. The maximum atomic E-state index is 6.03. The van der Waals surface area contributed by atoms with Crippen molar-refractivity contribution in [1.82, 2.24) is 4.90 Å². The molecule has 0 spiro atoms. The fourth-order valence-corrected chi connectivity index (χ4v) is 2.77. The van der Waals surface area contributed by atoms with E-state index in [0.717, 1.165) is 37.5 Å². The lowest BCUT2D eigenvalue weighted by Crippen LogP contribution is -2.30. The standard InChI is InChI=1S/C17H20N2O/c1-20-16-7-6-14-11-19(9-8-13(14)10-16)12-15-4-2-3-5-17(15)18/h2-7,10H,8-9,11-12,18H2,1H3. The zero-order chi connectivity index (χ0) is 13.9. The van der Waals surface area contributed by atoms with Crippen LogP contribution in [-0.4, -0.2) is 18.6 Å². The van der Waals surface area contributed by atoms with Crippen LogP contribution in [0.2, 0.25) is 0 Å². The van der Waals surface area contributed by atoms with Crippen molar-refractivity contribution in [2.45, 2.75) is 19.5 Å². The SMILES string of the molecule is COc1ccc2c(c1)CCN(Cc1ccccc1N)C2. The Morgan fingerprint density at radius 2 is 2.00 bits per heavy atom. The predicted octanol–water partition coefficient (Wildman–Crippen LogP) is 2.84. The number of nitrogens with two attached hydrogens (primary N) is 1. The second-order valence-corrected chi connectivity index (χ2v) is 5.29. The van der Waals surface area contributed by atoms with Crippen LogP contribution in [0.3, 0.4) is 0 Å². The molecule has 1 aliphatic heterocycles. The molecule has 2 aromatic rings. The van der Waals surface area contributed by atoms with Crippen molar-refractivity contribution in [2.75, 3.05) is 19.4 Å². The van der Waals surface area contributed by atoms with Gasteiger partial charge in [0.25, 0.3) is 0 Å². The van der Waals surface area contributed by atoms with Gasteiger partial charge in [0.05, 0.1) is 7.11 Å². The number of rotatable bonds is 3. The Hall–Kier alpha value is -2.00. The number of benzene rings is 2. The molecule has 0 amide bonds. The molecule has 20 heavy (non-hydrogen) atoms. The minimum atomic E-state index is 0.882. The summed E-state index contributed by atoms with van der Waals surface area (Å²) in [5.74, 6) is 0.949. The van der Waals surface area contributed by atoms with E-state index < -0.39 is 0 Å². The number of para-hydroxylation sites is 1. The highest BCUT2D eigenvalue weighted by Crippen LogP contribution is 2.25. The molecule has 3 heteroatoms. The second kappa shape index (κ2) is 5.55.